The first-order valence-electron chi connectivity index (χ1n) is 5.02. The van der Waals surface area contributed by atoms with Crippen molar-refractivity contribution in [2.45, 2.75) is 25.4 Å². The molecule has 2 heterocycles. The maximum absolute atomic E-state index is 11.6. The molecular weight excluding hydrogens is 194 g/mol. The third kappa shape index (κ3) is 2.53. The molecule has 1 aliphatic rings. The Bertz CT molecular complexity index is 328. The maximum atomic E-state index is 11.6. The fourth-order valence-electron chi connectivity index (χ4n) is 1.76. The molecule has 1 amide bonds. The summed E-state index contributed by atoms with van der Waals surface area (Å²) in [6.07, 6.45) is 3.93. The highest BCUT2D eigenvalue weighted by Gasteiger charge is 2.29. The number of hydrogen-bond donors (Lipinski definition) is 2. The number of hydrogen-bond acceptors (Lipinski definition) is 4. The minimum Gasteiger partial charge on any atom is -0.348 e. The Morgan fingerprint density at radius 1 is 1.73 bits per heavy atom. The SMILES string of the molecule is CC1(NC(=O)Cn2cncn2)CCNC1. The molecule has 1 fully saturated rings. The summed E-state index contributed by atoms with van der Waals surface area (Å²) in [7, 11) is 0. The van der Waals surface area contributed by atoms with Crippen LogP contribution in [0.3, 0.4) is 0 Å². The van der Waals surface area contributed by atoms with Gasteiger partial charge in [0.25, 0.3) is 0 Å². The Hall–Kier alpha value is -1.43. The summed E-state index contributed by atoms with van der Waals surface area (Å²) >= 11 is 0. The molecular formula is C9H15N5O. The zero-order valence-corrected chi connectivity index (χ0v) is 8.73. The minimum absolute atomic E-state index is 0.0216. The molecule has 0 spiro atoms. The van der Waals surface area contributed by atoms with Gasteiger partial charge in [0.15, 0.2) is 0 Å². The molecule has 1 atom stereocenters. The summed E-state index contributed by atoms with van der Waals surface area (Å²) in [5.41, 5.74) is -0.113. The van der Waals surface area contributed by atoms with Crippen LogP contribution >= 0.6 is 0 Å². The highest BCUT2D eigenvalue weighted by atomic mass is 16.2. The molecule has 0 saturated carbocycles. The summed E-state index contributed by atoms with van der Waals surface area (Å²) in [6, 6.07) is 0. The topological polar surface area (TPSA) is 71.8 Å². The van der Waals surface area contributed by atoms with Crippen molar-refractivity contribution >= 4 is 5.91 Å². The van der Waals surface area contributed by atoms with E-state index in [0.717, 1.165) is 19.5 Å². The van der Waals surface area contributed by atoms with Crippen molar-refractivity contribution < 1.29 is 4.79 Å². The predicted molar refractivity (Wildman–Crippen MR) is 54.1 cm³/mol. The molecule has 82 valence electrons. The van der Waals surface area contributed by atoms with E-state index in [1.165, 1.54) is 17.3 Å². The van der Waals surface area contributed by atoms with Crippen molar-refractivity contribution in [2.24, 2.45) is 0 Å². The highest BCUT2D eigenvalue weighted by Crippen LogP contribution is 2.12. The second-order valence-electron chi connectivity index (χ2n) is 4.13. The molecule has 2 N–H and O–H groups in total. The molecule has 6 nitrogen and oxygen atoms in total. The number of nitrogens with one attached hydrogen (secondary N) is 2. The van der Waals surface area contributed by atoms with E-state index in [4.69, 9.17) is 0 Å². The molecule has 0 radical (unpaired) electrons. The first-order chi connectivity index (χ1) is 7.18. The Morgan fingerprint density at radius 3 is 3.20 bits per heavy atom. The van der Waals surface area contributed by atoms with Gasteiger partial charge in [0, 0.05) is 6.54 Å². The van der Waals surface area contributed by atoms with Gasteiger partial charge in [-0.15, -0.1) is 0 Å². The Labute approximate surface area is 88.1 Å². The van der Waals surface area contributed by atoms with E-state index in [1.807, 2.05) is 6.92 Å². The molecule has 15 heavy (non-hydrogen) atoms. The van der Waals surface area contributed by atoms with Crippen LogP contribution in [0.1, 0.15) is 13.3 Å². The van der Waals surface area contributed by atoms with Crippen molar-refractivity contribution in [3.05, 3.63) is 12.7 Å². The maximum Gasteiger partial charge on any atom is 0.242 e. The van der Waals surface area contributed by atoms with Gasteiger partial charge in [-0.05, 0) is 19.9 Å². The van der Waals surface area contributed by atoms with Crippen LogP contribution in [-0.2, 0) is 11.3 Å². The first-order valence-corrected chi connectivity index (χ1v) is 5.02. The van der Waals surface area contributed by atoms with Crippen molar-refractivity contribution in [3.63, 3.8) is 0 Å². The molecule has 1 unspecified atom stereocenters. The molecule has 0 bridgehead atoms. The van der Waals surface area contributed by atoms with E-state index in [1.54, 1.807) is 0 Å². The average Bonchev–Trinajstić information content (AvgIpc) is 2.76. The van der Waals surface area contributed by atoms with Crippen LogP contribution in [-0.4, -0.2) is 39.3 Å². The van der Waals surface area contributed by atoms with Crippen LogP contribution in [0.5, 0.6) is 0 Å². The van der Waals surface area contributed by atoms with Gasteiger partial charge in [-0.25, -0.2) is 9.67 Å². The number of carbonyl (C=O) groups excluding carboxylic acids is 1. The Kier molecular flexibility index (Phi) is 2.68. The van der Waals surface area contributed by atoms with E-state index >= 15 is 0 Å². The lowest BCUT2D eigenvalue weighted by Gasteiger charge is -2.24. The van der Waals surface area contributed by atoms with Crippen molar-refractivity contribution in [1.82, 2.24) is 25.4 Å². The summed E-state index contributed by atoms with van der Waals surface area (Å²) in [5, 5.41) is 10.1. The van der Waals surface area contributed by atoms with Gasteiger partial charge in [-0.3, -0.25) is 4.79 Å². The van der Waals surface area contributed by atoms with E-state index < -0.39 is 0 Å². The largest absolute Gasteiger partial charge is 0.348 e. The van der Waals surface area contributed by atoms with Crippen molar-refractivity contribution in [1.29, 1.82) is 0 Å². The minimum atomic E-state index is -0.113. The third-order valence-corrected chi connectivity index (χ3v) is 2.58. The Morgan fingerprint density at radius 2 is 2.60 bits per heavy atom. The van der Waals surface area contributed by atoms with Crippen LogP contribution in [0.2, 0.25) is 0 Å². The van der Waals surface area contributed by atoms with Gasteiger partial charge in [0.05, 0.1) is 5.54 Å². The average molecular weight is 209 g/mol. The van der Waals surface area contributed by atoms with Gasteiger partial charge < -0.3 is 10.6 Å². The molecule has 1 saturated heterocycles. The quantitative estimate of drug-likeness (QED) is 0.680. The molecule has 6 heteroatoms. The summed E-state index contributed by atoms with van der Waals surface area (Å²) in [6.45, 7) is 4.07. The number of aromatic nitrogens is 3. The fraction of sp³-hybridized carbons (Fsp3) is 0.667. The number of rotatable bonds is 3. The van der Waals surface area contributed by atoms with Gasteiger partial charge in [-0.1, -0.05) is 0 Å². The monoisotopic (exact) mass is 209 g/mol. The summed E-state index contributed by atoms with van der Waals surface area (Å²) < 4.78 is 1.51. The molecule has 2 rings (SSSR count). The number of amides is 1. The lowest BCUT2D eigenvalue weighted by molar-refractivity contribution is -0.123. The molecule has 1 aromatic rings. The van der Waals surface area contributed by atoms with Crippen LogP contribution in [0, 0.1) is 0 Å². The second kappa shape index (κ2) is 3.98. The summed E-state index contributed by atoms with van der Waals surface area (Å²) in [5.74, 6) is -0.0216. The zero-order valence-electron chi connectivity index (χ0n) is 8.73. The van der Waals surface area contributed by atoms with Crippen LogP contribution in [0.25, 0.3) is 0 Å². The fourth-order valence-corrected chi connectivity index (χ4v) is 1.76. The van der Waals surface area contributed by atoms with Crippen molar-refractivity contribution in [2.75, 3.05) is 13.1 Å². The lowest BCUT2D eigenvalue weighted by Crippen LogP contribution is -2.48. The number of carbonyl (C=O) groups is 1. The normalized spacial score (nSPS) is 25.4. The predicted octanol–water partition coefficient (Wildman–Crippen LogP) is -0.854. The third-order valence-electron chi connectivity index (χ3n) is 2.58. The van der Waals surface area contributed by atoms with Gasteiger partial charge in [0.1, 0.15) is 19.2 Å². The molecule has 1 aliphatic heterocycles. The molecule has 0 aromatic carbocycles. The van der Waals surface area contributed by atoms with E-state index in [-0.39, 0.29) is 18.0 Å². The zero-order chi connectivity index (χ0) is 10.7. The highest BCUT2D eigenvalue weighted by molar-refractivity contribution is 5.76. The van der Waals surface area contributed by atoms with Gasteiger partial charge in [-0.2, -0.15) is 5.10 Å². The standard InChI is InChI=1S/C9H15N5O/c1-9(2-3-10-5-9)13-8(15)4-14-7-11-6-12-14/h6-7,10H,2-5H2,1H3,(H,13,15). The molecule has 0 aliphatic carbocycles. The first kappa shape index (κ1) is 10.1. The van der Waals surface area contributed by atoms with E-state index in [0.29, 0.717) is 0 Å². The lowest BCUT2D eigenvalue weighted by atomic mass is 10.0. The van der Waals surface area contributed by atoms with Crippen LogP contribution in [0.4, 0.5) is 0 Å². The second-order valence-corrected chi connectivity index (χ2v) is 4.13. The summed E-state index contributed by atoms with van der Waals surface area (Å²) in [4.78, 5) is 15.4. The smallest absolute Gasteiger partial charge is 0.242 e. The van der Waals surface area contributed by atoms with Gasteiger partial charge >= 0.3 is 0 Å². The van der Waals surface area contributed by atoms with Gasteiger partial charge in [0.2, 0.25) is 5.91 Å². The Balaban J connectivity index is 1.87. The van der Waals surface area contributed by atoms with E-state index in [2.05, 4.69) is 20.7 Å². The van der Waals surface area contributed by atoms with Crippen LogP contribution in [0.15, 0.2) is 12.7 Å². The van der Waals surface area contributed by atoms with Crippen LogP contribution < -0.4 is 10.6 Å². The molecule has 1 aromatic heterocycles. The number of nitrogens with zero attached hydrogens (tertiary/aromatic N) is 3. The van der Waals surface area contributed by atoms with Crippen molar-refractivity contribution in [3.8, 4) is 0 Å². The van der Waals surface area contributed by atoms with E-state index in [9.17, 15) is 4.79 Å².